The lowest BCUT2D eigenvalue weighted by atomic mass is 10.3. The highest BCUT2D eigenvalue weighted by Crippen LogP contribution is 2.27. The number of aryl methyl sites for hydroxylation is 2. The van der Waals surface area contributed by atoms with Crippen molar-refractivity contribution < 1.29 is 13.2 Å². The van der Waals surface area contributed by atoms with Crippen LogP contribution in [0.15, 0.2) is 4.21 Å². The number of piperazine rings is 1. The lowest BCUT2D eigenvalue weighted by Crippen LogP contribution is -2.51. The highest BCUT2D eigenvalue weighted by molar-refractivity contribution is 7.91. The maximum Gasteiger partial charge on any atom is 0.254 e. The standard InChI is InChI=1S/C15H24N4O3S2/c1-12-15(23-13(2)16-12)24(21,22)19-9-7-17(8-10-19)11-14(20)18-5-3-4-6-18/h3-11H2,1-2H3. The lowest BCUT2D eigenvalue weighted by Gasteiger charge is -2.34. The highest BCUT2D eigenvalue weighted by atomic mass is 32.2. The number of amides is 1. The maximum atomic E-state index is 12.8. The van der Waals surface area contributed by atoms with Gasteiger partial charge in [0.05, 0.1) is 17.2 Å². The molecule has 0 bridgehead atoms. The lowest BCUT2D eigenvalue weighted by molar-refractivity contribution is -0.131. The van der Waals surface area contributed by atoms with E-state index in [9.17, 15) is 13.2 Å². The van der Waals surface area contributed by atoms with Crippen molar-refractivity contribution in [2.75, 3.05) is 45.8 Å². The number of thiazole rings is 1. The van der Waals surface area contributed by atoms with Gasteiger partial charge in [-0.25, -0.2) is 13.4 Å². The first-order chi connectivity index (χ1) is 11.4. The zero-order valence-electron chi connectivity index (χ0n) is 14.2. The molecular weight excluding hydrogens is 348 g/mol. The molecule has 0 unspecified atom stereocenters. The number of aromatic nitrogens is 1. The van der Waals surface area contributed by atoms with Gasteiger partial charge in [0.1, 0.15) is 0 Å². The molecule has 0 N–H and O–H groups in total. The molecule has 2 aliphatic rings. The molecule has 0 aliphatic carbocycles. The molecule has 1 aromatic heterocycles. The first-order valence-corrected chi connectivity index (χ1v) is 10.6. The van der Waals surface area contributed by atoms with Crippen LogP contribution in [0.2, 0.25) is 0 Å². The summed E-state index contributed by atoms with van der Waals surface area (Å²) in [4.78, 5) is 20.4. The van der Waals surface area contributed by atoms with E-state index < -0.39 is 10.0 Å². The molecule has 1 amide bonds. The van der Waals surface area contributed by atoms with Crippen molar-refractivity contribution in [1.29, 1.82) is 0 Å². The molecule has 3 rings (SSSR count). The van der Waals surface area contributed by atoms with Gasteiger partial charge in [-0.05, 0) is 26.7 Å². The van der Waals surface area contributed by atoms with Gasteiger partial charge in [0.2, 0.25) is 5.91 Å². The average molecular weight is 373 g/mol. The zero-order chi connectivity index (χ0) is 17.3. The van der Waals surface area contributed by atoms with Crippen molar-refractivity contribution in [3.8, 4) is 0 Å². The van der Waals surface area contributed by atoms with Crippen molar-refractivity contribution in [3.63, 3.8) is 0 Å². The van der Waals surface area contributed by atoms with E-state index in [0.717, 1.165) is 30.9 Å². The van der Waals surface area contributed by atoms with Crippen LogP contribution in [0, 0.1) is 13.8 Å². The Balaban J connectivity index is 1.58. The highest BCUT2D eigenvalue weighted by Gasteiger charge is 2.32. The molecule has 0 saturated carbocycles. The molecule has 0 radical (unpaired) electrons. The summed E-state index contributed by atoms with van der Waals surface area (Å²) in [6, 6.07) is 0. The summed E-state index contributed by atoms with van der Waals surface area (Å²) >= 11 is 1.23. The molecule has 9 heteroatoms. The normalized spacial score (nSPS) is 20.7. The van der Waals surface area contributed by atoms with Gasteiger partial charge in [-0.2, -0.15) is 4.31 Å². The first-order valence-electron chi connectivity index (χ1n) is 8.32. The first kappa shape index (κ1) is 17.8. The van der Waals surface area contributed by atoms with E-state index in [-0.39, 0.29) is 5.91 Å². The maximum absolute atomic E-state index is 12.8. The van der Waals surface area contributed by atoms with E-state index in [0.29, 0.717) is 42.6 Å². The molecule has 1 aromatic rings. The topological polar surface area (TPSA) is 73.8 Å². The fourth-order valence-electron chi connectivity index (χ4n) is 3.26. The van der Waals surface area contributed by atoms with Crippen molar-refractivity contribution in [3.05, 3.63) is 10.7 Å². The van der Waals surface area contributed by atoms with Crippen LogP contribution < -0.4 is 0 Å². The third kappa shape index (κ3) is 3.63. The van der Waals surface area contributed by atoms with Gasteiger partial charge in [0, 0.05) is 39.3 Å². The SMILES string of the molecule is Cc1nc(C)c(S(=O)(=O)N2CCN(CC(=O)N3CCCC3)CC2)s1. The second kappa shape index (κ2) is 7.07. The second-order valence-corrected chi connectivity index (χ2v) is 9.71. The van der Waals surface area contributed by atoms with Crippen molar-refractivity contribution in [2.45, 2.75) is 30.9 Å². The van der Waals surface area contributed by atoms with Crippen LogP contribution in [0.25, 0.3) is 0 Å². The number of hydrogen-bond acceptors (Lipinski definition) is 6. The number of likely N-dealkylation sites (tertiary alicyclic amines) is 1. The number of carbonyl (C=O) groups is 1. The molecule has 2 fully saturated rings. The Morgan fingerprint density at radius 2 is 1.71 bits per heavy atom. The average Bonchev–Trinajstić information content (AvgIpc) is 3.17. The molecule has 3 heterocycles. The number of carbonyl (C=O) groups excluding carboxylic acids is 1. The van der Waals surface area contributed by atoms with Crippen LogP contribution >= 0.6 is 11.3 Å². The van der Waals surface area contributed by atoms with Gasteiger partial charge in [0.15, 0.2) is 4.21 Å². The van der Waals surface area contributed by atoms with E-state index in [1.165, 1.54) is 15.6 Å². The van der Waals surface area contributed by atoms with E-state index in [1.807, 2.05) is 11.8 Å². The molecule has 0 aromatic carbocycles. The third-order valence-electron chi connectivity index (χ3n) is 4.58. The van der Waals surface area contributed by atoms with Crippen LogP contribution in [-0.4, -0.2) is 79.2 Å². The smallest absolute Gasteiger partial charge is 0.254 e. The number of sulfonamides is 1. The summed E-state index contributed by atoms with van der Waals surface area (Å²) in [7, 11) is -3.47. The van der Waals surface area contributed by atoms with E-state index in [1.54, 1.807) is 6.92 Å². The molecule has 134 valence electrons. The summed E-state index contributed by atoms with van der Waals surface area (Å²) in [5.41, 5.74) is 0.573. The van der Waals surface area contributed by atoms with Gasteiger partial charge >= 0.3 is 0 Å². The van der Waals surface area contributed by atoms with Crippen LogP contribution in [0.4, 0.5) is 0 Å². The Bertz CT molecular complexity index is 702. The Labute approximate surface area is 147 Å². The second-order valence-electron chi connectivity index (χ2n) is 6.37. The Hall–Kier alpha value is -1.03. The van der Waals surface area contributed by atoms with Crippen molar-refractivity contribution in [1.82, 2.24) is 19.1 Å². The summed E-state index contributed by atoms with van der Waals surface area (Å²) in [6.45, 7) is 7.70. The largest absolute Gasteiger partial charge is 0.342 e. The molecule has 2 saturated heterocycles. The van der Waals surface area contributed by atoms with E-state index >= 15 is 0 Å². The molecular formula is C15H24N4O3S2. The van der Waals surface area contributed by atoms with Crippen LogP contribution in [0.5, 0.6) is 0 Å². The number of hydrogen-bond donors (Lipinski definition) is 0. The number of nitrogens with zero attached hydrogens (tertiary/aromatic N) is 4. The summed E-state index contributed by atoms with van der Waals surface area (Å²) < 4.78 is 27.4. The minimum atomic E-state index is -3.47. The van der Waals surface area contributed by atoms with Crippen molar-refractivity contribution in [2.24, 2.45) is 0 Å². The minimum Gasteiger partial charge on any atom is -0.342 e. The van der Waals surface area contributed by atoms with Crippen molar-refractivity contribution >= 4 is 27.3 Å². The fourth-order valence-corrected chi connectivity index (χ4v) is 6.30. The van der Waals surface area contributed by atoms with Crippen LogP contribution in [0.1, 0.15) is 23.5 Å². The Morgan fingerprint density at radius 3 is 2.25 bits per heavy atom. The summed E-state index contributed by atoms with van der Waals surface area (Å²) in [5, 5.41) is 0.765. The van der Waals surface area contributed by atoms with E-state index in [2.05, 4.69) is 9.88 Å². The quantitative estimate of drug-likeness (QED) is 0.777. The molecule has 2 aliphatic heterocycles. The Morgan fingerprint density at radius 1 is 1.08 bits per heavy atom. The van der Waals surface area contributed by atoms with Gasteiger partial charge in [-0.1, -0.05) is 0 Å². The van der Waals surface area contributed by atoms with Gasteiger partial charge in [0.25, 0.3) is 10.0 Å². The number of rotatable bonds is 4. The monoisotopic (exact) mass is 372 g/mol. The van der Waals surface area contributed by atoms with Gasteiger partial charge in [-0.3, -0.25) is 9.69 Å². The third-order valence-corrected chi connectivity index (χ3v) is 8.14. The zero-order valence-corrected chi connectivity index (χ0v) is 15.8. The molecule has 24 heavy (non-hydrogen) atoms. The predicted octanol–water partition coefficient (Wildman–Crippen LogP) is 0.689. The minimum absolute atomic E-state index is 0.165. The predicted molar refractivity (Wildman–Crippen MR) is 92.6 cm³/mol. The fraction of sp³-hybridized carbons (Fsp3) is 0.733. The summed E-state index contributed by atoms with van der Waals surface area (Å²) in [5.74, 6) is 0.165. The molecule has 0 spiro atoms. The van der Waals surface area contributed by atoms with Gasteiger partial charge < -0.3 is 4.90 Å². The van der Waals surface area contributed by atoms with Gasteiger partial charge in [-0.15, -0.1) is 11.3 Å². The summed E-state index contributed by atoms with van der Waals surface area (Å²) in [6.07, 6.45) is 2.18. The van der Waals surface area contributed by atoms with Crippen LogP contribution in [-0.2, 0) is 14.8 Å². The van der Waals surface area contributed by atoms with Crippen LogP contribution in [0.3, 0.4) is 0 Å². The molecule has 0 atom stereocenters. The van der Waals surface area contributed by atoms with E-state index in [4.69, 9.17) is 0 Å². The molecule has 7 nitrogen and oxygen atoms in total. The Kier molecular flexibility index (Phi) is 5.24.